The molecule has 1 saturated heterocycles. The van der Waals surface area contributed by atoms with Crippen LogP contribution in [0.5, 0.6) is 0 Å². The maximum absolute atomic E-state index is 12.7. The van der Waals surface area contributed by atoms with Crippen LogP contribution in [0.15, 0.2) is 85.1 Å². The number of allylic oxidation sites excluding steroid dienone is 12. The predicted molar refractivity (Wildman–Crippen MR) is 251 cm³/mol. The Balaban J connectivity index is 2.34. The number of epoxide rings is 1. The fraction of sp³-hybridized carbons (Fsp3) is 0.680. The minimum atomic E-state index is -4.41. The molecule has 1 N–H and O–H groups in total. The lowest BCUT2D eigenvalue weighted by molar-refractivity contribution is -0.870. The lowest BCUT2D eigenvalue weighted by atomic mass is 10.1. The smallest absolute Gasteiger partial charge is 0.462 e. The predicted octanol–water partition coefficient (Wildman–Crippen LogP) is 12.6. The van der Waals surface area contributed by atoms with E-state index in [2.05, 4.69) is 92.8 Å². The first-order valence-electron chi connectivity index (χ1n) is 23.4. The maximum Gasteiger partial charge on any atom is 0.472 e. The highest BCUT2D eigenvalue weighted by molar-refractivity contribution is 7.47. The quantitative estimate of drug-likeness (QED) is 0.0160. The van der Waals surface area contributed by atoms with Crippen molar-refractivity contribution in [2.75, 3.05) is 47.5 Å². The number of quaternary nitrogens is 1. The first-order valence-corrected chi connectivity index (χ1v) is 24.9. The van der Waals surface area contributed by atoms with Crippen molar-refractivity contribution < 1.29 is 46.8 Å². The number of esters is 2. The summed E-state index contributed by atoms with van der Waals surface area (Å²) in [6, 6.07) is 0. The molecule has 0 saturated carbocycles. The number of carbonyl (C=O) groups excluding carboxylic acids is 2. The van der Waals surface area contributed by atoms with Crippen molar-refractivity contribution in [3.05, 3.63) is 85.1 Å². The Bertz CT molecular complexity index is 1380. The van der Waals surface area contributed by atoms with Crippen LogP contribution in [0, 0.1) is 0 Å². The Morgan fingerprint density at radius 2 is 1.05 bits per heavy atom. The summed E-state index contributed by atoms with van der Waals surface area (Å²) in [7, 11) is 1.40. The second-order valence-corrected chi connectivity index (χ2v) is 18.3. The third kappa shape index (κ3) is 38.5. The molecule has 1 aliphatic heterocycles. The number of phosphoric ester groups is 1. The number of nitrogens with zero attached hydrogens (tertiary/aromatic N) is 1. The second kappa shape index (κ2) is 37.7. The summed E-state index contributed by atoms with van der Waals surface area (Å²) < 4.78 is 40.0. The summed E-state index contributed by atoms with van der Waals surface area (Å²) in [4.78, 5) is 35.4. The highest BCUT2D eigenvalue weighted by Crippen LogP contribution is 2.43. The second-order valence-electron chi connectivity index (χ2n) is 16.8. The molecule has 0 amide bonds. The third-order valence-corrected chi connectivity index (χ3v) is 10.8. The zero-order chi connectivity index (χ0) is 44.7. The highest BCUT2D eigenvalue weighted by atomic mass is 31.2. The maximum atomic E-state index is 12.7. The van der Waals surface area contributed by atoms with Gasteiger partial charge in [0.2, 0.25) is 0 Å². The molecule has 0 aromatic rings. The van der Waals surface area contributed by atoms with Gasteiger partial charge in [-0.25, -0.2) is 4.57 Å². The average molecular weight is 875 g/mol. The van der Waals surface area contributed by atoms with Gasteiger partial charge in [-0.15, -0.1) is 0 Å². The van der Waals surface area contributed by atoms with E-state index in [1.165, 1.54) is 44.9 Å². The van der Waals surface area contributed by atoms with Crippen molar-refractivity contribution in [3.8, 4) is 0 Å². The molecule has 1 aliphatic rings. The van der Waals surface area contributed by atoms with Crippen molar-refractivity contribution in [3.63, 3.8) is 0 Å². The van der Waals surface area contributed by atoms with Crippen LogP contribution in [-0.2, 0) is 37.4 Å². The van der Waals surface area contributed by atoms with Crippen LogP contribution in [0.4, 0.5) is 0 Å². The van der Waals surface area contributed by atoms with E-state index in [-0.39, 0.29) is 26.1 Å². The van der Waals surface area contributed by atoms with Crippen LogP contribution >= 0.6 is 7.82 Å². The Morgan fingerprint density at radius 3 is 1.59 bits per heavy atom. The van der Waals surface area contributed by atoms with Gasteiger partial charge < -0.3 is 23.6 Å². The molecule has 1 fully saturated rings. The van der Waals surface area contributed by atoms with Crippen LogP contribution in [0.25, 0.3) is 0 Å². The first-order chi connectivity index (χ1) is 29.5. The van der Waals surface area contributed by atoms with Gasteiger partial charge in [0.05, 0.1) is 40.0 Å². The molecule has 3 unspecified atom stereocenters. The molecule has 0 aliphatic carbocycles. The van der Waals surface area contributed by atoms with E-state index in [9.17, 15) is 19.0 Å². The van der Waals surface area contributed by atoms with Crippen LogP contribution in [-0.4, -0.2) is 87.1 Å². The molecule has 348 valence electrons. The minimum absolute atomic E-state index is 0.00889. The van der Waals surface area contributed by atoms with Crippen molar-refractivity contribution in [1.82, 2.24) is 0 Å². The van der Waals surface area contributed by atoms with E-state index in [1.54, 1.807) is 0 Å². The van der Waals surface area contributed by atoms with E-state index in [0.29, 0.717) is 42.5 Å². The lowest BCUT2D eigenvalue weighted by Crippen LogP contribution is -2.37. The van der Waals surface area contributed by atoms with Crippen molar-refractivity contribution in [2.24, 2.45) is 0 Å². The highest BCUT2D eigenvalue weighted by Gasteiger charge is 2.36. The topological polar surface area (TPSA) is 121 Å². The zero-order valence-corrected chi connectivity index (χ0v) is 39.7. The van der Waals surface area contributed by atoms with E-state index in [4.69, 9.17) is 23.3 Å². The third-order valence-electron chi connectivity index (χ3n) is 9.80. The molecule has 61 heavy (non-hydrogen) atoms. The van der Waals surface area contributed by atoms with Gasteiger partial charge >= 0.3 is 19.8 Å². The molecule has 1 heterocycles. The molecular formula is C50H85NO9P+. The Morgan fingerprint density at radius 1 is 0.590 bits per heavy atom. The van der Waals surface area contributed by atoms with Crippen LogP contribution in [0.2, 0.25) is 0 Å². The minimum Gasteiger partial charge on any atom is -0.462 e. The monoisotopic (exact) mass is 875 g/mol. The largest absolute Gasteiger partial charge is 0.472 e. The first kappa shape index (κ1) is 56.2. The number of phosphoric acid groups is 1. The number of carbonyl (C=O) groups is 2. The number of likely N-dealkylation sites (N-methyl/N-ethyl adjacent to an activating group) is 1. The van der Waals surface area contributed by atoms with E-state index >= 15 is 0 Å². The van der Waals surface area contributed by atoms with Gasteiger partial charge in [-0.2, -0.15) is 0 Å². The van der Waals surface area contributed by atoms with Gasteiger partial charge in [0.15, 0.2) is 6.10 Å². The SMILES string of the molecule is CCCCC/C=C\C/C=C\C/C=C\C/C=C\CCCCCC(=O)OC[C@H](COP(=O)(O)OCC[N+](C)(C)C)OC(=O)CCC/C=C\C/C=C\CC1OC1C/C=C\CCCCC. The standard InChI is InChI=1S/C50H84NO9P/c1-6-8-10-12-14-15-16-17-18-19-20-21-22-23-24-25-28-32-36-40-49(52)56-44-46(45-58-61(54,55)57-43-42-51(3,4)5)59-50(53)41-37-33-29-26-27-31-35-39-48-47(60-48)38-34-30-13-11-9-7-2/h14-15,17-18,20-21,23-24,26,29-31,34-35,46-48H,6-13,16,19,22,25,27-28,32-33,36-45H2,1-5H3/p+1/b15-14-,18-17-,21-20-,24-23-,29-26-,34-30-,35-31-/t46-,47?,48?/m1/s1. The van der Waals surface area contributed by atoms with Gasteiger partial charge in [-0.3, -0.25) is 18.6 Å². The van der Waals surface area contributed by atoms with Crippen LogP contribution in [0.3, 0.4) is 0 Å². The number of hydrogen-bond donors (Lipinski definition) is 1. The van der Waals surface area contributed by atoms with Gasteiger partial charge in [-0.1, -0.05) is 131 Å². The Kier molecular flexibility index (Phi) is 34.7. The van der Waals surface area contributed by atoms with Gasteiger partial charge in [-0.05, 0) is 96.3 Å². The Labute approximate surface area is 371 Å². The summed E-state index contributed by atoms with van der Waals surface area (Å²) in [6.07, 6.45) is 50.9. The summed E-state index contributed by atoms with van der Waals surface area (Å²) in [5.74, 6) is -0.914. The van der Waals surface area contributed by atoms with Crippen LogP contribution in [0.1, 0.15) is 155 Å². The van der Waals surface area contributed by atoms with Gasteiger partial charge in [0, 0.05) is 12.8 Å². The molecule has 0 aromatic carbocycles. The molecule has 11 heteroatoms. The number of rotatable bonds is 40. The van der Waals surface area contributed by atoms with Crippen molar-refractivity contribution in [1.29, 1.82) is 0 Å². The zero-order valence-electron chi connectivity index (χ0n) is 38.8. The molecule has 10 nitrogen and oxygen atoms in total. The number of ether oxygens (including phenoxy) is 3. The van der Waals surface area contributed by atoms with E-state index in [0.717, 1.165) is 64.2 Å². The molecule has 0 aromatic heterocycles. The van der Waals surface area contributed by atoms with E-state index < -0.39 is 32.5 Å². The molecule has 0 radical (unpaired) electrons. The fourth-order valence-electron chi connectivity index (χ4n) is 5.97. The molecular weight excluding hydrogens is 790 g/mol. The van der Waals surface area contributed by atoms with Gasteiger partial charge in [0.1, 0.15) is 19.8 Å². The number of unbranched alkanes of at least 4 members (excludes halogenated alkanes) is 10. The summed E-state index contributed by atoms with van der Waals surface area (Å²) in [5, 5.41) is 0. The molecule has 0 bridgehead atoms. The molecule has 1 rings (SSSR count). The Hall–Kier alpha value is -2.85. The summed E-state index contributed by atoms with van der Waals surface area (Å²) in [5.41, 5.74) is 0. The van der Waals surface area contributed by atoms with Crippen molar-refractivity contribution in [2.45, 2.75) is 173 Å². The van der Waals surface area contributed by atoms with Crippen molar-refractivity contribution >= 4 is 19.8 Å². The van der Waals surface area contributed by atoms with Crippen LogP contribution < -0.4 is 0 Å². The molecule has 0 spiro atoms. The summed E-state index contributed by atoms with van der Waals surface area (Å²) >= 11 is 0. The number of hydrogen-bond acceptors (Lipinski definition) is 8. The van der Waals surface area contributed by atoms with Gasteiger partial charge in [0.25, 0.3) is 0 Å². The normalized spacial score (nSPS) is 17.6. The molecule has 4 atom stereocenters. The fourth-order valence-corrected chi connectivity index (χ4v) is 6.71. The average Bonchev–Trinajstić information content (AvgIpc) is 3.97. The lowest BCUT2D eigenvalue weighted by Gasteiger charge is -2.24. The summed E-state index contributed by atoms with van der Waals surface area (Å²) in [6.45, 7) is 4.23. The van der Waals surface area contributed by atoms with E-state index in [1.807, 2.05) is 27.2 Å².